The zero-order valence-electron chi connectivity index (χ0n) is 15.5. The minimum Gasteiger partial charge on any atom is -0.361 e. The van der Waals surface area contributed by atoms with Crippen molar-refractivity contribution in [3.63, 3.8) is 0 Å². The van der Waals surface area contributed by atoms with E-state index in [-0.39, 0.29) is 17.6 Å². The van der Waals surface area contributed by atoms with Gasteiger partial charge in [-0.1, -0.05) is 18.2 Å². The van der Waals surface area contributed by atoms with Crippen LogP contribution in [-0.4, -0.2) is 38.4 Å². The molecule has 0 atom stereocenters. The molecule has 2 aromatic carbocycles. The molecule has 2 N–H and O–H groups in total. The minimum absolute atomic E-state index is 0.0641. The van der Waals surface area contributed by atoms with Crippen molar-refractivity contribution in [3.8, 4) is 0 Å². The van der Waals surface area contributed by atoms with E-state index in [0.29, 0.717) is 19.5 Å². The van der Waals surface area contributed by atoms with Gasteiger partial charge < -0.3 is 14.9 Å². The lowest BCUT2D eigenvalue weighted by Gasteiger charge is -2.32. The number of rotatable bonds is 3. The van der Waals surface area contributed by atoms with E-state index in [0.717, 1.165) is 40.3 Å². The maximum Gasteiger partial charge on any atom is 0.326 e. The molecule has 1 fully saturated rings. The van der Waals surface area contributed by atoms with Gasteiger partial charge in [-0.25, -0.2) is 4.79 Å². The predicted octanol–water partition coefficient (Wildman–Crippen LogP) is 3.22. The smallest absolute Gasteiger partial charge is 0.326 e. The zero-order chi connectivity index (χ0) is 19.1. The summed E-state index contributed by atoms with van der Waals surface area (Å²) in [7, 11) is 0. The Morgan fingerprint density at radius 2 is 1.86 bits per heavy atom. The molecule has 5 rings (SSSR count). The second-order valence-corrected chi connectivity index (χ2v) is 7.51. The largest absolute Gasteiger partial charge is 0.361 e. The highest BCUT2D eigenvalue weighted by Crippen LogP contribution is 2.25. The maximum atomic E-state index is 12.8. The van der Waals surface area contributed by atoms with E-state index in [1.165, 1.54) is 0 Å². The third-order valence-electron chi connectivity index (χ3n) is 5.78. The van der Waals surface area contributed by atoms with Gasteiger partial charge in [0.2, 0.25) is 5.91 Å². The van der Waals surface area contributed by atoms with Crippen molar-refractivity contribution in [2.75, 3.05) is 13.1 Å². The van der Waals surface area contributed by atoms with Gasteiger partial charge in [0, 0.05) is 30.8 Å². The molecule has 0 bridgehead atoms. The van der Waals surface area contributed by atoms with E-state index in [2.05, 4.69) is 16.0 Å². The number of H-pyrrole nitrogens is 2. The topological polar surface area (TPSA) is 73.9 Å². The highest BCUT2D eigenvalue weighted by molar-refractivity contribution is 5.83. The number of carbonyl (C=O) groups excluding carboxylic acids is 1. The number of benzene rings is 2. The molecule has 6 heteroatoms. The monoisotopic (exact) mass is 374 g/mol. The number of hydrogen-bond donors (Lipinski definition) is 2. The normalized spacial score (nSPS) is 15.5. The summed E-state index contributed by atoms with van der Waals surface area (Å²) in [5, 5.41) is 1.13. The van der Waals surface area contributed by atoms with Crippen molar-refractivity contribution in [1.82, 2.24) is 19.4 Å². The highest BCUT2D eigenvalue weighted by Gasteiger charge is 2.26. The molecule has 1 aliphatic heterocycles. The van der Waals surface area contributed by atoms with Gasteiger partial charge in [-0.05, 0) is 54.1 Å². The Kier molecular flexibility index (Phi) is 4.04. The van der Waals surface area contributed by atoms with Crippen LogP contribution in [-0.2, 0) is 11.2 Å². The Hall–Kier alpha value is -3.28. The van der Waals surface area contributed by atoms with Crippen LogP contribution in [0.4, 0.5) is 0 Å². The maximum absolute atomic E-state index is 12.8. The molecule has 28 heavy (non-hydrogen) atoms. The summed E-state index contributed by atoms with van der Waals surface area (Å²) in [4.78, 5) is 33.2. The molecule has 142 valence electrons. The van der Waals surface area contributed by atoms with Crippen molar-refractivity contribution < 1.29 is 4.79 Å². The number of carbonyl (C=O) groups is 1. The first kappa shape index (κ1) is 16.9. The summed E-state index contributed by atoms with van der Waals surface area (Å²) >= 11 is 0. The van der Waals surface area contributed by atoms with Gasteiger partial charge in [0.1, 0.15) is 0 Å². The number of hydrogen-bond acceptors (Lipinski definition) is 2. The lowest BCUT2D eigenvalue weighted by molar-refractivity contribution is -0.131. The molecular weight excluding hydrogens is 352 g/mol. The van der Waals surface area contributed by atoms with Crippen LogP contribution in [0.3, 0.4) is 0 Å². The van der Waals surface area contributed by atoms with Crippen LogP contribution >= 0.6 is 0 Å². The molecule has 1 amide bonds. The van der Waals surface area contributed by atoms with E-state index in [1.54, 1.807) is 0 Å². The van der Waals surface area contributed by atoms with E-state index >= 15 is 0 Å². The summed E-state index contributed by atoms with van der Waals surface area (Å²) in [5.41, 5.74) is 3.86. The number of likely N-dealkylation sites (tertiary alicyclic amines) is 1. The minimum atomic E-state index is -0.0641. The molecule has 0 radical (unpaired) electrons. The fourth-order valence-electron chi connectivity index (χ4n) is 4.31. The molecule has 2 aromatic heterocycles. The summed E-state index contributed by atoms with van der Waals surface area (Å²) < 4.78 is 1.86. The van der Waals surface area contributed by atoms with Gasteiger partial charge in [0.15, 0.2) is 0 Å². The first-order valence-electron chi connectivity index (χ1n) is 9.72. The first-order valence-corrected chi connectivity index (χ1v) is 9.72. The Bertz CT molecular complexity index is 1210. The third kappa shape index (κ3) is 2.91. The Labute approximate surface area is 161 Å². The summed E-state index contributed by atoms with van der Waals surface area (Å²) in [5.74, 6) is 0.152. The standard InChI is InChI=1S/C22H22N4O2/c27-21(14-15-5-6-18-16(13-15)7-10-23-18)25-11-8-17(9-12-25)26-20-4-2-1-3-19(20)24-22(26)28/h1-7,10,13,17,23H,8-9,11-12,14H2,(H,24,28). The van der Waals surface area contributed by atoms with Crippen molar-refractivity contribution in [2.24, 2.45) is 0 Å². The molecule has 0 spiro atoms. The van der Waals surface area contributed by atoms with Gasteiger partial charge in [0.05, 0.1) is 17.5 Å². The van der Waals surface area contributed by atoms with Crippen molar-refractivity contribution in [2.45, 2.75) is 25.3 Å². The van der Waals surface area contributed by atoms with Crippen molar-refractivity contribution >= 4 is 27.8 Å². The van der Waals surface area contributed by atoms with Crippen LogP contribution in [0.1, 0.15) is 24.4 Å². The number of nitrogens with one attached hydrogen (secondary N) is 2. The molecule has 1 saturated heterocycles. The number of nitrogens with zero attached hydrogens (tertiary/aromatic N) is 2. The second-order valence-electron chi connectivity index (χ2n) is 7.51. The third-order valence-corrected chi connectivity index (χ3v) is 5.78. The summed E-state index contributed by atoms with van der Waals surface area (Å²) in [6.07, 6.45) is 3.92. The number of fused-ring (bicyclic) bond motifs is 2. The molecule has 0 saturated carbocycles. The van der Waals surface area contributed by atoms with E-state index < -0.39 is 0 Å². The quantitative estimate of drug-likeness (QED) is 0.578. The molecule has 0 aliphatic carbocycles. The number of piperidine rings is 1. The van der Waals surface area contributed by atoms with E-state index in [4.69, 9.17) is 0 Å². The fourth-order valence-corrected chi connectivity index (χ4v) is 4.31. The average molecular weight is 374 g/mol. The van der Waals surface area contributed by atoms with Crippen molar-refractivity contribution in [3.05, 3.63) is 70.8 Å². The van der Waals surface area contributed by atoms with Gasteiger partial charge >= 0.3 is 5.69 Å². The van der Waals surface area contributed by atoms with Gasteiger partial charge in [-0.3, -0.25) is 9.36 Å². The van der Waals surface area contributed by atoms with Crippen LogP contribution in [0.25, 0.3) is 21.9 Å². The van der Waals surface area contributed by atoms with Crippen LogP contribution in [0.5, 0.6) is 0 Å². The summed E-state index contributed by atoms with van der Waals surface area (Å²) in [6.45, 7) is 1.36. The Morgan fingerprint density at radius 1 is 1.04 bits per heavy atom. The average Bonchev–Trinajstić information content (AvgIpc) is 3.31. The van der Waals surface area contributed by atoms with Crippen molar-refractivity contribution in [1.29, 1.82) is 0 Å². The zero-order valence-corrected chi connectivity index (χ0v) is 15.5. The Balaban J connectivity index is 1.28. The van der Waals surface area contributed by atoms with Crippen LogP contribution < -0.4 is 5.69 Å². The molecule has 3 heterocycles. The number of amides is 1. The van der Waals surface area contributed by atoms with Crippen LogP contribution in [0, 0.1) is 0 Å². The van der Waals surface area contributed by atoms with E-state index in [1.807, 2.05) is 58.1 Å². The van der Waals surface area contributed by atoms with Crippen LogP contribution in [0.15, 0.2) is 59.5 Å². The van der Waals surface area contributed by atoms with E-state index in [9.17, 15) is 9.59 Å². The van der Waals surface area contributed by atoms with Gasteiger partial charge in [0.25, 0.3) is 0 Å². The molecule has 4 aromatic rings. The fraction of sp³-hybridized carbons (Fsp3) is 0.273. The van der Waals surface area contributed by atoms with Gasteiger partial charge in [-0.15, -0.1) is 0 Å². The first-order chi connectivity index (χ1) is 13.7. The molecule has 6 nitrogen and oxygen atoms in total. The number of aromatic amines is 2. The number of imidazole rings is 1. The highest BCUT2D eigenvalue weighted by atomic mass is 16.2. The predicted molar refractivity (Wildman–Crippen MR) is 109 cm³/mol. The SMILES string of the molecule is O=C(Cc1ccc2[nH]ccc2c1)N1CCC(n2c(=O)[nH]c3ccccc32)CC1. The number of para-hydroxylation sites is 2. The Morgan fingerprint density at radius 3 is 2.71 bits per heavy atom. The summed E-state index contributed by atoms with van der Waals surface area (Å²) in [6, 6.07) is 16.0. The molecular formula is C22H22N4O2. The molecule has 1 aliphatic rings. The second kappa shape index (κ2) is 6.71. The molecule has 0 unspecified atom stereocenters. The number of aromatic nitrogens is 3. The van der Waals surface area contributed by atoms with Crippen LogP contribution in [0.2, 0.25) is 0 Å². The lowest BCUT2D eigenvalue weighted by atomic mass is 10.0. The van der Waals surface area contributed by atoms with Gasteiger partial charge in [-0.2, -0.15) is 0 Å². The lowest BCUT2D eigenvalue weighted by Crippen LogP contribution is -2.41.